The van der Waals surface area contributed by atoms with E-state index >= 15 is 0 Å². The molecule has 1 aliphatic carbocycles. The van der Waals surface area contributed by atoms with Gasteiger partial charge in [-0.3, -0.25) is 14.4 Å². The van der Waals surface area contributed by atoms with E-state index in [2.05, 4.69) is 5.32 Å². The lowest BCUT2D eigenvalue weighted by Gasteiger charge is -2.33. The summed E-state index contributed by atoms with van der Waals surface area (Å²) in [7, 11) is 1.36. The van der Waals surface area contributed by atoms with Crippen LogP contribution in [-0.4, -0.2) is 78.6 Å². The molecule has 1 N–H and O–H groups in total. The van der Waals surface area contributed by atoms with Crippen LogP contribution in [0.2, 0.25) is 0 Å². The second kappa shape index (κ2) is 11.9. The Morgan fingerprint density at radius 1 is 1.00 bits per heavy atom. The third-order valence-corrected chi connectivity index (χ3v) is 6.94. The van der Waals surface area contributed by atoms with E-state index in [4.69, 9.17) is 9.47 Å². The van der Waals surface area contributed by atoms with Gasteiger partial charge >= 0.3 is 12.1 Å². The lowest BCUT2D eigenvalue weighted by Crippen LogP contribution is -2.48. The maximum atomic E-state index is 12.9. The average Bonchev–Trinajstić information content (AvgIpc) is 3.67. The van der Waals surface area contributed by atoms with Gasteiger partial charge in [0.15, 0.2) is 0 Å². The lowest BCUT2D eigenvalue weighted by molar-refractivity contribution is -0.141. The smallest absolute Gasteiger partial charge is 0.410 e. The Morgan fingerprint density at radius 3 is 2.29 bits per heavy atom. The summed E-state index contributed by atoms with van der Waals surface area (Å²) in [5, 5.41) is 3.05. The van der Waals surface area contributed by atoms with Gasteiger partial charge in [-0.05, 0) is 77.2 Å². The molecule has 1 unspecified atom stereocenters. The summed E-state index contributed by atoms with van der Waals surface area (Å²) in [6.07, 6.45) is 8.58. The number of nitrogens with zero attached hydrogens (tertiary/aromatic N) is 2. The fourth-order valence-electron chi connectivity index (χ4n) is 4.71. The highest BCUT2D eigenvalue weighted by atomic mass is 16.6. The maximum absolute atomic E-state index is 12.9. The molecule has 0 bridgehead atoms. The zero-order valence-corrected chi connectivity index (χ0v) is 21.6. The van der Waals surface area contributed by atoms with Crippen molar-refractivity contribution in [2.24, 2.45) is 17.8 Å². The van der Waals surface area contributed by atoms with Crippen LogP contribution in [0.4, 0.5) is 4.79 Å². The predicted molar refractivity (Wildman–Crippen MR) is 130 cm³/mol. The number of amides is 3. The molecule has 2 aliphatic heterocycles. The van der Waals surface area contributed by atoms with E-state index in [0.717, 1.165) is 38.5 Å². The van der Waals surface area contributed by atoms with Gasteiger partial charge < -0.3 is 24.6 Å². The summed E-state index contributed by atoms with van der Waals surface area (Å²) in [5.74, 6) is -0.169. The molecule has 0 aromatic rings. The fraction of sp³-hybridized carbons (Fsp3) is 0.769. The van der Waals surface area contributed by atoms with Crippen LogP contribution in [0.15, 0.2) is 12.2 Å². The number of piperidine rings is 2. The van der Waals surface area contributed by atoms with E-state index in [0.29, 0.717) is 32.1 Å². The minimum absolute atomic E-state index is 0.0784. The first-order chi connectivity index (χ1) is 16.6. The Morgan fingerprint density at radius 2 is 1.69 bits per heavy atom. The van der Waals surface area contributed by atoms with Crippen LogP contribution < -0.4 is 5.32 Å². The summed E-state index contributed by atoms with van der Waals surface area (Å²) < 4.78 is 10.2. The number of likely N-dealkylation sites (tertiary alicyclic amines) is 2. The van der Waals surface area contributed by atoms with Crippen LogP contribution in [0, 0.1) is 17.8 Å². The normalized spacial score (nSPS) is 22.6. The van der Waals surface area contributed by atoms with Crippen molar-refractivity contribution in [3.05, 3.63) is 12.2 Å². The summed E-state index contributed by atoms with van der Waals surface area (Å²) in [6, 6.07) is -0.188. The standard InChI is InChI=1S/C26H41N3O6/c1-26(2,3)35-25(33)28-14-11-18(12-15-28)7-10-22(30)29-13-5-6-20(17-29)24(32)27-21(19-8-9-19)16-23(31)34-4/h7,10,18-21H,5-6,8-9,11-17H2,1-4H3,(H,27,32)/b10-7+/t20-,21?/m1/s1. The number of methoxy groups -OCH3 is 1. The third-order valence-electron chi connectivity index (χ3n) is 6.94. The number of hydrogen-bond donors (Lipinski definition) is 1. The van der Waals surface area contributed by atoms with E-state index in [-0.39, 0.29) is 48.2 Å². The van der Waals surface area contributed by atoms with Crippen molar-refractivity contribution in [2.45, 2.75) is 77.4 Å². The van der Waals surface area contributed by atoms with Gasteiger partial charge in [0.1, 0.15) is 5.60 Å². The van der Waals surface area contributed by atoms with Gasteiger partial charge in [-0.2, -0.15) is 0 Å². The van der Waals surface area contributed by atoms with Crippen molar-refractivity contribution in [1.82, 2.24) is 15.1 Å². The lowest BCUT2D eigenvalue weighted by atomic mass is 9.95. The number of allylic oxidation sites excluding steroid dienone is 1. The SMILES string of the molecule is COC(=O)CC(NC(=O)[C@@H]1CCCN(C(=O)/C=C/C2CCN(C(=O)OC(C)(C)C)CC2)C1)C1CC1. The topological polar surface area (TPSA) is 105 Å². The second-order valence-electron chi connectivity index (χ2n) is 11.0. The van der Waals surface area contributed by atoms with Crippen molar-refractivity contribution in [2.75, 3.05) is 33.3 Å². The van der Waals surface area contributed by atoms with Gasteiger partial charge in [0, 0.05) is 32.2 Å². The van der Waals surface area contributed by atoms with E-state index in [9.17, 15) is 19.2 Å². The second-order valence-corrected chi connectivity index (χ2v) is 11.0. The molecular weight excluding hydrogens is 450 g/mol. The van der Waals surface area contributed by atoms with Crippen molar-refractivity contribution in [3.63, 3.8) is 0 Å². The number of ether oxygens (including phenoxy) is 2. The zero-order chi connectivity index (χ0) is 25.6. The highest BCUT2D eigenvalue weighted by Gasteiger charge is 2.36. The Balaban J connectivity index is 1.45. The molecule has 3 aliphatic rings. The molecular formula is C26H41N3O6. The van der Waals surface area contributed by atoms with Crippen LogP contribution in [-0.2, 0) is 23.9 Å². The van der Waals surface area contributed by atoms with Gasteiger partial charge in [-0.15, -0.1) is 0 Å². The first-order valence-electron chi connectivity index (χ1n) is 12.9. The Bertz CT molecular complexity index is 808. The number of carbonyl (C=O) groups is 4. The van der Waals surface area contributed by atoms with Gasteiger partial charge in [0.25, 0.3) is 0 Å². The molecule has 1 saturated carbocycles. The van der Waals surface area contributed by atoms with Gasteiger partial charge in [-0.25, -0.2) is 4.79 Å². The predicted octanol–water partition coefficient (Wildman–Crippen LogP) is 2.89. The molecule has 0 aromatic heterocycles. The van der Waals surface area contributed by atoms with Gasteiger partial charge in [0.05, 0.1) is 19.4 Å². The number of esters is 1. The molecule has 0 spiro atoms. The van der Waals surface area contributed by atoms with E-state index < -0.39 is 5.60 Å². The Kier molecular flexibility index (Phi) is 9.19. The maximum Gasteiger partial charge on any atom is 0.410 e. The summed E-state index contributed by atoms with van der Waals surface area (Å²) in [5.41, 5.74) is -0.510. The molecule has 2 saturated heterocycles. The molecule has 2 atom stereocenters. The molecule has 2 heterocycles. The summed E-state index contributed by atoms with van der Waals surface area (Å²) in [6.45, 7) is 7.81. The summed E-state index contributed by atoms with van der Waals surface area (Å²) >= 11 is 0. The first kappa shape index (κ1) is 27.0. The molecule has 3 fully saturated rings. The minimum Gasteiger partial charge on any atom is -0.469 e. The van der Waals surface area contributed by atoms with Crippen molar-refractivity contribution in [1.29, 1.82) is 0 Å². The number of rotatable bonds is 7. The van der Waals surface area contributed by atoms with E-state index in [1.807, 2.05) is 26.8 Å². The van der Waals surface area contributed by atoms with Crippen molar-refractivity contribution in [3.8, 4) is 0 Å². The van der Waals surface area contributed by atoms with Crippen LogP contribution >= 0.6 is 0 Å². The van der Waals surface area contributed by atoms with Crippen molar-refractivity contribution >= 4 is 23.9 Å². The first-order valence-corrected chi connectivity index (χ1v) is 12.9. The molecule has 9 heteroatoms. The van der Waals surface area contributed by atoms with Crippen LogP contribution in [0.3, 0.4) is 0 Å². The molecule has 3 amide bonds. The largest absolute Gasteiger partial charge is 0.469 e. The van der Waals surface area contributed by atoms with E-state index in [1.54, 1.807) is 15.9 Å². The third kappa shape index (κ3) is 8.54. The number of nitrogens with one attached hydrogen (secondary N) is 1. The van der Waals surface area contributed by atoms with Gasteiger partial charge in [0.2, 0.25) is 11.8 Å². The Hall–Kier alpha value is -2.58. The number of hydrogen-bond acceptors (Lipinski definition) is 6. The quantitative estimate of drug-likeness (QED) is 0.434. The highest BCUT2D eigenvalue weighted by molar-refractivity contribution is 5.88. The molecule has 35 heavy (non-hydrogen) atoms. The van der Waals surface area contributed by atoms with Crippen LogP contribution in [0.5, 0.6) is 0 Å². The zero-order valence-electron chi connectivity index (χ0n) is 21.6. The fourth-order valence-corrected chi connectivity index (χ4v) is 4.71. The van der Waals surface area contributed by atoms with Crippen LogP contribution in [0.1, 0.15) is 65.7 Å². The average molecular weight is 492 g/mol. The molecule has 9 nitrogen and oxygen atoms in total. The van der Waals surface area contributed by atoms with Crippen LogP contribution in [0.25, 0.3) is 0 Å². The summed E-state index contributed by atoms with van der Waals surface area (Å²) in [4.78, 5) is 53.1. The Labute approximate surface area is 208 Å². The minimum atomic E-state index is -0.510. The highest BCUT2D eigenvalue weighted by Crippen LogP contribution is 2.34. The molecule has 3 rings (SSSR count). The molecule has 0 aromatic carbocycles. The molecule has 196 valence electrons. The van der Waals surface area contributed by atoms with Crippen molar-refractivity contribution < 1.29 is 28.7 Å². The van der Waals surface area contributed by atoms with E-state index in [1.165, 1.54) is 7.11 Å². The van der Waals surface area contributed by atoms with Gasteiger partial charge in [-0.1, -0.05) is 6.08 Å². The molecule has 0 radical (unpaired) electrons. The number of carbonyl (C=O) groups excluding carboxylic acids is 4. The monoisotopic (exact) mass is 491 g/mol.